The van der Waals surface area contributed by atoms with Crippen molar-refractivity contribution in [3.8, 4) is 45.4 Å². The third-order valence-corrected chi connectivity index (χ3v) is 11.0. The summed E-state index contributed by atoms with van der Waals surface area (Å²) in [7, 11) is 0. The summed E-state index contributed by atoms with van der Waals surface area (Å²) in [5.41, 5.74) is 8.87. The molecule has 0 saturated heterocycles. The molecule has 0 spiro atoms. The molecule has 0 amide bonds. The minimum absolute atomic E-state index is 0. The molecule has 3 heterocycles. The summed E-state index contributed by atoms with van der Waals surface area (Å²) < 4.78 is 6.35. The molecule has 1 radical (unpaired) electrons. The summed E-state index contributed by atoms with van der Waals surface area (Å²) in [6.45, 7) is 14.2. The van der Waals surface area contributed by atoms with Crippen LogP contribution in [0.4, 0.5) is 0 Å². The maximum Gasteiger partial charge on any atom is 0.167 e. The Morgan fingerprint density at radius 3 is 2.02 bits per heavy atom. The Balaban J connectivity index is 0.00000351. The first kappa shape index (κ1) is 31.1. The number of pyridine rings is 1. The zero-order valence-corrected chi connectivity index (χ0v) is 29.7. The first-order valence-electron chi connectivity index (χ1n) is 15.8. The van der Waals surface area contributed by atoms with Gasteiger partial charge in [-0.1, -0.05) is 114 Å². The van der Waals surface area contributed by atoms with Crippen molar-refractivity contribution < 1.29 is 24.5 Å². The van der Waals surface area contributed by atoms with Gasteiger partial charge in [0.15, 0.2) is 17.5 Å². The zero-order valence-electron chi connectivity index (χ0n) is 27.3. The Bertz CT molecular complexity index is 2290. The minimum atomic E-state index is 0. The van der Waals surface area contributed by atoms with E-state index in [1.54, 1.807) is 0 Å². The van der Waals surface area contributed by atoms with E-state index in [-0.39, 0.29) is 36.4 Å². The molecule has 5 nitrogen and oxygen atoms in total. The van der Waals surface area contributed by atoms with E-state index < -0.39 is 0 Å². The van der Waals surface area contributed by atoms with Crippen molar-refractivity contribution in [2.75, 3.05) is 0 Å². The number of furan rings is 1. The van der Waals surface area contributed by atoms with E-state index >= 15 is 0 Å². The molecule has 6 heteroatoms. The van der Waals surface area contributed by atoms with E-state index in [1.165, 1.54) is 11.1 Å². The predicted molar refractivity (Wildman–Crippen MR) is 185 cm³/mol. The van der Waals surface area contributed by atoms with Gasteiger partial charge < -0.3 is 9.40 Å². The van der Waals surface area contributed by atoms with Crippen molar-refractivity contribution in [2.24, 2.45) is 5.41 Å². The molecule has 0 bridgehead atoms. The van der Waals surface area contributed by atoms with Gasteiger partial charge in [-0.2, -0.15) is 0 Å². The molecular weight excluding hydrogens is 757 g/mol. The Morgan fingerprint density at radius 2 is 1.28 bits per heavy atom. The van der Waals surface area contributed by atoms with Gasteiger partial charge in [0.1, 0.15) is 11.2 Å². The number of hydrogen-bond acceptors (Lipinski definition) is 5. The largest absolute Gasteiger partial charge is 0.455 e. The number of nitrogens with zero attached hydrogens (tertiary/aromatic N) is 4. The molecule has 7 aromatic rings. The molecule has 0 N–H and O–H groups in total. The molecule has 47 heavy (non-hydrogen) atoms. The first-order chi connectivity index (χ1) is 22.1. The number of para-hydroxylation sites is 2. The Kier molecular flexibility index (Phi) is 7.31. The van der Waals surface area contributed by atoms with Crippen LogP contribution in [-0.4, -0.2) is 19.9 Å². The molecule has 0 saturated carbocycles. The molecule has 0 atom stereocenters. The van der Waals surface area contributed by atoms with Crippen LogP contribution in [0.5, 0.6) is 0 Å². The van der Waals surface area contributed by atoms with Crippen molar-refractivity contribution in [1.82, 2.24) is 19.9 Å². The van der Waals surface area contributed by atoms with E-state index in [4.69, 9.17) is 24.4 Å². The second-order valence-corrected chi connectivity index (χ2v) is 13.9. The van der Waals surface area contributed by atoms with Gasteiger partial charge in [0.2, 0.25) is 0 Å². The molecule has 0 fully saturated rings. The summed E-state index contributed by atoms with van der Waals surface area (Å²) in [5, 5.41) is 2.10. The van der Waals surface area contributed by atoms with E-state index in [1.807, 2.05) is 79.0 Å². The van der Waals surface area contributed by atoms with Crippen LogP contribution in [0.3, 0.4) is 0 Å². The molecule has 0 aliphatic heterocycles. The van der Waals surface area contributed by atoms with Gasteiger partial charge in [-0.25, -0.2) is 15.0 Å². The molecule has 3 aromatic heterocycles. The fourth-order valence-electron chi connectivity index (χ4n) is 7.08. The number of hydrogen-bond donors (Lipinski definition) is 0. The quantitative estimate of drug-likeness (QED) is 0.166. The molecule has 0 unspecified atom stereocenters. The molecule has 1 aliphatic carbocycles. The number of fused-ring (bicyclic) bond motifs is 4. The number of benzene rings is 4. The van der Waals surface area contributed by atoms with Crippen LogP contribution in [0, 0.1) is 11.5 Å². The fraction of sp³-hybridized carbons (Fsp3) is 0.220. The molecule has 8 rings (SSSR count). The van der Waals surface area contributed by atoms with E-state index in [0.29, 0.717) is 17.5 Å². The maximum absolute atomic E-state index is 6.35. The second-order valence-electron chi connectivity index (χ2n) is 13.9. The summed E-state index contributed by atoms with van der Waals surface area (Å²) in [5.74, 6) is 1.70. The van der Waals surface area contributed by atoms with Gasteiger partial charge in [0.05, 0.1) is 5.56 Å². The number of rotatable bonds is 4. The molecular formula is C41H35IrN4O-. The van der Waals surface area contributed by atoms with Crippen LogP contribution >= 0.6 is 0 Å². The van der Waals surface area contributed by atoms with Gasteiger partial charge >= 0.3 is 0 Å². The molecule has 4 aromatic carbocycles. The maximum atomic E-state index is 6.35. The summed E-state index contributed by atoms with van der Waals surface area (Å²) in [4.78, 5) is 19.8. The van der Waals surface area contributed by atoms with Crippen molar-refractivity contribution in [1.29, 1.82) is 0 Å². The predicted octanol–water partition coefficient (Wildman–Crippen LogP) is 10.2. The third-order valence-electron chi connectivity index (χ3n) is 11.0. The smallest absolute Gasteiger partial charge is 0.167 e. The Labute approximate surface area is 288 Å². The van der Waals surface area contributed by atoms with Gasteiger partial charge in [-0.15, -0.1) is 34.9 Å². The zero-order chi connectivity index (χ0) is 31.8. The second kappa shape index (κ2) is 11.0. The van der Waals surface area contributed by atoms with Crippen LogP contribution < -0.4 is 0 Å². The SMILES string of the molecule is CC1(C)c2c[c-]c(-c3ccc(-c4nc(-c5ccccc5)nc(-c5cccc6c5oc5ccccc56)n4)cn3)cc2C(C)(C)C1(C)C.[Ir]. The standard InChI is InChI=1S/C41H35N4O.Ir/c1-39(2)31-21-19-26(23-32(31)40(3,4)41(39,5)6)33-22-20-27(24-42-33)37-43-36(25-13-8-7-9-14-25)44-38(45-37)30-17-12-16-29-28-15-10-11-18-34(28)46-35(29)30;/h7-18,20-24H,1-6H3;/q-1;. The minimum Gasteiger partial charge on any atom is -0.455 e. The van der Waals surface area contributed by atoms with Gasteiger partial charge in [0.25, 0.3) is 0 Å². The van der Waals surface area contributed by atoms with Crippen molar-refractivity contribution >= 4 is 21.9 Å². The first-order valence-corrected chi connectivity index (χ1v) is 15.8. The average Bonchev–Trinajstić information content (AvgIpc) is 3.51. The summed E-state index contributed by atoms with van der Waals surface area (Å²) >= 11 is 0. The summed E-state index contributed by atoms with van der Waals surface area (Å²) in [6.07, 6.45) is 1.85. The normalized spacial score (nSPS) is 15.8. The van der Waals surface area contributed by atoms with Gasteiger partial charge in [0, 0.05) is 48.2 Å². The molecule has 1 aliphatic rings. The Morgan fingerprint density at radius 1 is 0.617 bits per heavy atom. The van der Waals surface area contributed by atoms with Gasteiger partial charge in [-0.05, 0) is 34.1 Å². The van der Waals surface area contributed by atoms with E-state index in [0.717, 1.165) is 49.9 Å². The van der Waals surface area contributed by atoms with E-state index in [2.05, 4.69) is 71.9 Å². The fourth-order valence-corrected chi connectivity index (χ4v) is 7.08. The van der Waals surface area contributed by atoms with Gasteiger partial charge in [-0.3, -0.25) is 0 Å². The van der Waals surface area contributed by atoms with Crippen molar-refractivity contribution in [3.05, 3.63) is 120 Å². The van der Waals surface area contributed by atoms with Crippen LogP contribution in [-0.2, 0) is 30.9 Å². The van der Waals surface area contributed by atoms with Crippen LogP contribution in [0.25, 0.3) is 67.4 Å². The topological polar surface area (TPSA) is 64.7 Å². The van der Waals surface area contributed by atoms with Crippen LogP contribution in [0.1, 0.15) is 52.7 Å². The van der Waals surface area contributed by atoms with Crippen molar-refractivity contribution in [2.45, 2.75) is 52.4 Å². The van der Waals surface area contributed by atoms with Crippen molar-refractivity contribution in [3.63, 3.8) is 0 Å². The molecule has 235 valence electrons. The average molecular weight is 792 g/mol. The summed E-state index contributed by atoms with van der Waals surface area (Å²) in [6, 6.07) is 36.3. The Hall–Kier alpha value is -4.51. The van der Waals surface area contributed by atoms with E-state index in [9.17, 15) is 0 Å². The monoisotopic (exact) mass is 792 g/mol. The van der Waals surface area contributed by atoms with Crippen LogP contribution in [0.15, 0.2) is 108 Å². The van der Waals surface area contributed by atoms with Crippen LogP contribution in [0.2, 0.25) is 0 Å². The number of aromatic nitrogens is 4. The third kappa shape index (κ3) is 4.69.